The van der Waals surface area contributed by atoms with Crippen LogP contribution < -0.4 is 5.32 Å². The van der Waals surface area contributed by atoms with Gasteiger partial charge in [-0.2, -0.15) is 0 Å². The summed E-state index contributed by atoms with van der Waals surface area (Å²) in [4.78, 5) is 37.9. The van der Waals surface area contributed by atoms with Crippen LogP contribution in [0, 0.1) is 0 Å². The van der Waals surface area contributed by atoms with Gasteiger partial charge in [-0.15, -0.1) is 0 Å². The molecular formula is C20H22N2O4. The molecular weight excluding hydrogens is 332 g/mol. The highest BCUT2D eigenvalue weighted by Gasteiger charge is 2.14. The number of methoxy groups -OCH3 is 1. The quantitative estimate of drug-likeness (QED) is 0.808. The van der Waals surface area contributed by atoms with E-state index in [2.05, 4.69) is 10.1 Å². The summed E-state index contributed by atoms with van der Waals surface area (Å²) in [5.74, 6) is -0.859. The average molecular weight is 354 g/mol. The molecule has 0 radical (unpaired) electrons. The zero-order chi connectivity index (χ0) is 19.1. The first kappa shape index (κ1) is 19.2. The molecule has 0 aliphatic carbocycles. The maximum atomic E-state index is 12.4. The Hall–Kier alpha value is -3.15. The van der Waals surface area contributed by atoms with E-state index in [1.165, 1.54) is 19.2 Å². The van der Waals surface area contributed by atoms with Gasteiger partial charge in [-0.05, 0) is 56.3 Å². The van der Waals surface area contributed by atoms with Gasteiger partial charge in [-0.3, -0.25) is 9.59 Å². The lowest BCUT2D eigenvalue weighted by molar-refractivity contribution is 0.0600. The van der Waals surface area contributed by atoms with Crippen molar-refractivity contribution < 1.29 is 19.1 Å². The molecule has 0 aliphatic heterocycles. The van der Waals surface area contributed by atoms with Crippen molar-refractivity contribution in [3.8, 4) is 0 Å². The number of hydrogen-bond donors (Lipinski definition) is 1. The number of hydrogen-bond acceptors (Lipinski definition) is 4. The molecule has 6 nitrogen and oxygen atoms in total. The van der Waals surface area contributed by atoms with Gasteiger partial charge in [0.15, 0.2) is 0 Å². The molecule has 26 heavy (non-hydrogen) atoms. The van der Waals surface area contributed by atoms with Crippen LogP contribution in [0.5, 0.6) is 0 Å². The summed E-state index contributed by atoms with van der Waals surface area (Å²) in [5, 5.41) is 2.77. The van der Waals surface area contributed by atoms with Gasteiger partial charge >= 0.3 is 5.97 Å². The maximum Gasteiger partial charge on any atom is 0.337 e. The lowest BCUT2D eigenvalue weighted by Gasteiger charge is -2.19. The number of nitrogens with one attached hydrogen (secondary N) is 1. The normalized spacial score (nSPS) is 10.1. The topological polar surface area (TPSA) is 75.7 Å². The Balaban J connectivity index is 2.13. The first-order valence-electron chi connectivity index (χ1n) is 8.39. The molecule has 1 N–H and O–H groups in total. The molecule has 6 heteroatoms. The summed E-state index contributed by atoms with van der Waals surface area (Å²) >= 11 is 0. The minimum absolute atomic E-state index is 0.0754. The van der Waals surface area contributed by atoms with E-state index in [0.717, 1.165) is 0 Å². The number of rotatable bonds is 6. The second-order valence-electron chi connectivity index (χ2n) is 5.58. The summed E-state index contributed by atoms with van der Waals surface area (Å²) < 4.78 is 4.63. The largest absolute Gasteiger partial charge is 0.465 e. The van der Waals surface area contributed by atoms with E-state index in [-0.39, 0.29) is 11.8 Å². The Morgan fingerprint density at radius 1 is 0.923 bits per heavy atom. The van der Waals surface area contributed by atoms with Crippen LogP contribution in [0.1, 0.15) is 44.9 Å². The van der Waals surface area contributed by atoms with Crippen molar-refractivity contribution in [2.45, 2.75) is 13.8 Å². The molecule has 2 amide bonds. The summed E-state index contributed by atoms with van der Waals surface area (Å²) in [7, 11) is 1.30. The van der Waals surface area contributed by atoms with Gasteiger partial charge in [0.2, 0.25) is 0 Å². The Kier molecular flexibility index (Phi) is 6.49. The highest BCUT2D eigenvalue weighted by molar-refractivity contribution is 6.05. The van der Waals surface area contributed by atoms with Crippen LogP contribution in [0.15, 0.2) is 48.5 Å². The highest BCUT2D eigenvalue weighted by Crippen LogP contribution is 2.15. The predicted molar refractivity (Wildman–Crippen MR) is 99.4 cm³/mol. The van der Waals surface area contributed by atoms with E-state index in [4.69, 9.17) is 0 Å². The van der Waals surface area contributed by atoms with E-state index in [1.807, 2.05) is 13.8 Å². The average Bonchev–Trinajstić information content (AvgIpc) is 2.68. The summed E-state index contributed by atoms with van der Waals surface area (Å²) in [6.45, 7) is 5.09. The molecule has 0 unspecified atom stereocenters. The Labute approximate surface area is 152 Å². The summed E-state index contributed by atoms with van der Waals surface area (Å²) in [6, 6.07) is 13.0. The first-order chi connectivity index (χ1) is 12.5. The minimum Gasteiger partial charge on any atom is -0.465 e. The van der Waals surface area contributed by atoms with Crippen molar-refractivity contribution in [3.05, 3.63) is 65.2 Å². The van der Waals surface area contributed by atoms with Gasteiger partial charge in [-0.1, -0.05) is 6.07 Å². The zero-order valence-electron chi connectivity index (χ0n) is 15.1. The van der Waals surface area contributed by atoms with Crippen LogP contribution in [0.3, 0.4) is 0 Å². The monoisotopic (exact) mass is 354 g/mol. The molecule has 0 aliphatic rings. The fourth-order valence-electron chi connectivity index (χ4n) is 2.50. The van der Waals surface area contributed by atoms with E-state index in [0.29, 0.717) is 35.5 Å². The Morgan fingerprint density at radius 2 is 1.54 bits per heavy atom. The molecule has 0 atom stereocenters. The van der Waals surface area contributed by atoms with Gasteiger partial charge in [0.1, 0.15) is 0 Å². The van der Waals surface area contributed by atoms with Crippen LogP contribution in [-0.4, -0.2) is 42.9 Å². The fraction of sp³-hybridized carbons (Fsp3) is 0.250. The summed E-state index contributed by atoms with van der Waals surface area (Å²) in [5.41, 5.74) is 1.83. The molecule has 2 aromatic carbocycles. The second kappa shape index (κ2) is 8.80. The van der Waals surface area contributed by atoms with Gasteiger partial charge in [0.05, 0.1) is 12.7 Å². The Bertz CT molecular complexity index is 796. The molecule has 136 valence electrons. The third kappa shape index (κ3) is 4.47. The number of nitrogens with zero attached hydrogens (tertiary/aromatic N) is 1. The van der Waals surface area contributed by atoms with Crippen LogP contribution >= 0.6 is 0 Å². The summed E-state index contributed by atoms with van der Waals surface area (Å²) in [6.07, 6.45) is 0. The van der Waals surface area contributed by atoms with Gasteiger partial charge in [0, 0.05) is 29.9 Å². The second-order valence-corrected chi connectivity index (χ2v) is 5.58. The van der Waals surface area contributed by atoms with Gasteiger partial charge in [0.25, 0.3) is 11.8 Å². The number of anilines is 1. The van der Waals surface area contributed by atoms with E-state index in [1.54, 1.807) is 41.3 Å². The molecule has 2 aromatic rings. The molecule has 0 fully saturated rings. The maximum absolute atomic E-state index is 12.4. The molecule has 0 aromatic heterocycles. The van der Waals surface area contributed by atoms with Crippen molar-refractivity contribution in [1.82, 2.24) is 4.90 Å². The lowest BCUT2D eigenvalue weighted by atomic mass is 10.1. The third-order valence-corrected chi connectivity index (χ3v) is 3.99. The Morgan fingerprint density at radius 3 is 2.12 bits per heavy atom. The standard InChI is InChI=1S/C20H22N2O4/c1-4-22(5-2)19(24)16-7-6-8-17(13-16)21-18(23)14-9-11-15(12-10-14)20(25)26-3/h6-13H,4-5H2,1-3H3,(H,21,23). The lowest BCUT2D eigenvalue weighted by Crippen LogP contribution is -2.30. The fourth-order valence-corrected chi connectivity index (χ4v) is 2.50. The number of esters is 1. The minimum atomic E-state index is -0.459. The van der Waals surface area contributed by atoms with Crippen LogP contribution in [0.25, 0.3) is 0 Å². The number of ether oxygens (including phenoxy) is 1. The molecule has 0 saturated carbocycles. The van der Waals surface area contributed by atoms with Crippen molar-refractivity contribution in [3.63, 3.8) is 0 Å². The molecule has 2 rings (SSSR count). The van der Waals surface area contributed by atoms with Crippen molar-refractivity contribution in [2.75, 3.05) is 25.5 Å². The highest BCUT2D eigenvalue weighted by atomic mass is 16.5. The molecule has 0 bridgehead atoms. The number of carbonyl (C=O) groups is 3. The van der Waals surface area contributed by atoms with Crippen molar-refractivity contribution >= 4 is 23.5 Å². The molecule has 0 heterocycles. The van der Waals surface area contributed by atoms with Crippen molar-refractivity contribution in [1.29, 1.82) is 0 Å². The first-order valence-corrected chi connectivity index (χ1v) is 8.39. The zero-order valence-corrected chi connectivity index (χ0v) is 15.1. The van der Waals surface area contributed by atoms with Gasteiger partial charge in [-0.25, -0.2) is 4.79 Å². The number of amides is 2. The van der Waals surface area contributed by atoms with E-state index < -0.39 is 5.97 Å². The molecule has 0 spiro atoms. The van der Waals surface area contributed by atoms with E-state index >= 15 is 0 Å². The van der Waals surface area contributed by atoms with Crippen LogP contribution in [0.4, 0.5) is 5.69 Å². The predicted octanol–water partition coefficient (Wildman–Crippen LogP) is 3.21. The number of benzene rings is 2. The van der Waals surface area contributed by atoms with Crippen LogP contribution in [0.2, 0.25) is 0 Å². The smallest absolute Gasteiger partial charge is 0.337 e. The van der Waals surface area contributed by atoms with E-state index in [9.17, 15) is 14.4 Å². The number of carbonyl (C=O) groups excluding carboxylic acids is 3. The van der Waals surface area contributed by atoms with Crippen LogP contribution in [-0.2, 0) is 4.74 Å². The van der Waals surface area contributed by atoms with Crippen molar-refractivity contribution in [2.24, 2.45) is 0 Å². The SMILES string of the molecule is CCN(CC)C(=O)c1cccc(NC(=O)c2ccc(C(=O)OC)cc2)c1. The molecule has 0 saturated heterocycles. The van der Waals surface area contributed by atoms with Gasteiger partial charge < -0.3 is 15.0 Å². The third-order valence-electron chi connectivity index (χ3n) is 3.99.